The fraction of sp³-hybridized carbons (Fsp3) is 0.208. The number of halogens is 1. The first-order valence-electron chi connectivity index (χ1n) is 9.67. The lowest BCUT2D eigenvalue weighted by atomic mass is 9.93. The zero-order chi connectivity index (χ0) is 21.1. The van der Waals surface area contributed by atoms with E-state index in [2.05, 4.69) is 21.2 Å². The van der Waals surface area contributed by atoms with E-state index in [4.69, 9.17) is 14.5 Å². The molecule has 0 saturated carbocycles. The molecule has 0 unspecified atom stereocenters. The fourth-order valence-electron chi connectivity index (χ4n) is 3.67. The van der Waals surface area contributed by atoms with E-state index >= 15 is 0 Å². The minimum atomic E-state index is -0.261. The van der Waals surface area contributed by atoms with Gasteiger partial charge in [-0.05, 0) is 69.5 Å². The maximum absolute atomic E-state index is 10.4. The quantitative estimate of drug-likeness (QED) is 0.528. The highest BCUT2D eigenvalue weighted by molar-refractivity contribution is 9.10. The largest absolute Gasteiger partial charge is 0.508 e. The van der Waals surface area contributed by atoms with E-state index < -0.39 is 0 Å². The number of aliphatic imine (C=N–C) groups is 1. The van der Waals surface area contributed by atoms with E-state index in [9.17, 15) is 5.11 Å². The van der Waals surface area contributed by atoms with Crippen molar-refractivity contribution in [3.63, 3.8) is 0 Å². The summed E-state index contributed by atoms with van der Waals surface area (Å²) < 4.78 is 11.5. The highest BCUT2D eigenvalue weighted by atomic mass is 79.9. The molecule has 1 aliphatic rings. The van der Waals surface area contributed by atoms with Crippen LogP contribution in [0.1, 0.15) is 35.3 Å². The van der Waals surface area contributed by atoms with E-state index in [-0.39, 0.29) is 18.0 Å². The van der Waals surface area contributed by atoms with Crippen LogP contribution in [-0.4, -0.2) is 25.0 Å². The first-order chi connectivity index (χ1) is 14.6. The third-order valence-corrected chi connectivity index (χ3v) is 5.89. The van der Waals surface area contributed by atoms with Gasteiger partial charge in [0.15, 0.2) is 0 Å². The second-order valence-electron chi connectivity index (χ2n) is 7.08. The number of rotatable bonds is 5. The lowest BCUT2D eigenvalue weighted by Gasteiger charge is -2.31. The lowest BCUT2D eigenvalue weighted by Crippen LogP contribution is -2.33. The van der Waals surface area contributed by atoms with Crippen molar-refractivity contribution < 1.29 is 14.6 Å². The Bertz CT molecular complexity index is 1070. The lowest BCUT2D eigenvalue weighted by molar-refractivity contribution is 0.406. The number of hydrogen-bond donors (Lipinski definition) is 2. The summed E-state index contributed by atoms with van der Waals surface area (Å²) in [6.07, 6.45) is 0.403. The van der Waals surface area contributed by atoms with Gasteiger partial charge in [0.05, 0.1) is 18.7 Å². The van der Waals surface area contributed by atoms with Gasteiger partial charge in [-0.1, -0.05) is 24.3 Å². The van der Waals surface area contributed by atoms with E-state index in [1.54, 1.807) is 20.3 Å². The van der Waals surface area contributed by atoms with Gasteiger partial charge in [-0.3, -0.25) is 10.3 Å². The molecule has 0 bridgehead atoms. The third kappa shape index (κ3) is 4.20. The van der Waals surface area contributed by atoms with Gasteiger partial charge in [0.1, 0.15) is 23.4 Å². The summed E-state index contributed by atoms with van der Waals surface area (Å²) in [5.74, 6) is 1.85. The van der Waals surface area contributed by atoms with Crippen molar-refractivity contribution in [1.82, 2.24) is 5.32 Å². The molecule has 0 saturated heterocycles. The number of ether oxygens (including phenoxy) is 2. The van der Waals surface area contributed by atoms with Gasteiger partial charge in [-0.15, -0.1) is 0 Å². The summed E-state index contributed by atoms with van der Waals surface area (Å²) in [5, 5.41) is 14.0. The van der Waals surface area contributed by atoms with Crippen LogP contribution in [0.25, 0.3) is 0 Å². The Hall–Kier alpha value is -2.83. The van der Waals surface area contributed by atoms with Crippen LogP contribution in [0.4, 0.5) is 0 Å². The summed E-state index contributed by atoms with van der Waals surface area (Å²) in [7, 11) is 3.30. The summed E-state index contributed by atoms with van der Waals surface area (Å²) in [6.45, 7) is 0. The number of benzene rings is 3. The van der Waals surface area contributed by atoms with E-state index in [0.29, 0.717) is 6.42 Å². The molecule has 0 radical (unpaired) electrons. The number of para-hydroxylation sites is 1. The Kier molecular flexibility index (Phi) is 6.06. The molecule has 4 rings (SSSR count). The Balaban J connectivity index is 1.74. The zero-order valence-electron chi connectivity index (χ0n) is 16.8. The molecular formula is C24H23BrN2O3. The van der Waals surface area contributed by atoms with Crippen LogP contribution in [-0.2, 0) is 0 Å². The van der Waals surface area contributed by atoms with Crippen LogP contribution in [0.3, 0.4) is 0 Å². The number of nitrogens with zero attached hydrogens (tertiary/aromatic N) is 1. The van der Waals surface area contributed by atoms with E-state index in [1.807, 2.05) is 60.7 Å². The average Bonchev–Trinajstić information content (AvgIpc) is 2.79. The molecule has 5 nitrogen and oxygen atoms in total. The van der Waals surface area contributed by atoms with Crippen molar-refractivity contribution in [3.8, 4) is 17.2 Å². The SMILES string of the molecule is COc1ccc(C2=N[C@@H](c3ccc(OC)c(Br)c3)N[C@H](c3ccccc3O)C2)cc1. The molecule has 30 heavy (non-hydrogen) atoms. The van der Waals surface area contributed by atoms with Crippen LogP contribution in [0.2, 0.25) is 0 Å². The number of hydrogen-bond acceptors (Lipinski definition) is 5. The normalized spacial score (nSPS) is 18.6. The molecule has 0 aliphatic carbocycles. The minimum absolute atomic E-state index is 0.0771. The highest BCUT2D eigenvalue weighted by Crippen LogP contribution is 2.36. The summed E-state index contributed by atoms with van der Waals surface area (Å²) in [6, 6.07) is 21.2. The van der Waals surface area contributed by atoms with Gasteiger partial charge in [-0.25, -0.2) is 0 Å². The molecule has 1 heterocycles. The first kappa shape index (κ1) is 20.4. The van der Waals surface area contributed by atoms with Gasteiger partial charge in [-0.2, -0.15) is 0 Å². The van der Waals surface area contributed by atoms with Crippen LogP contribution in [0.15, 0.2) is 76.2 Å². The highest BCUT2D eigenvalue weighted by Gasteiger charge is 2.28. The third-order valence-electron chi connectivity index (χ3n) is 5.27. The van der Waals surface area contributed by atoms with Gasteiger partial charge in [0, 0.05) is 23.7 Å². The van der Waals surface area contributed by atoms with Crippen LogP contribution >= 0.6 is 15.9 Å². The Morgan fingerprint density at radius 3 is 2.43 bits per heavy atom. The minimum Gasteiger partial charge on any atom is -0.508 e. The first-order valence-corrected chi connectivity index (χ1v) is 10.5. The second kappa shape index (κ2) is 8.90. The van der Waals surface area contributed by atoms with E-state index in [0.717, 1.165) is 38.4 Å². The number of methoxy groups -OCH3 is 2. The van der Waals surface area contributed by atoms with Crippen LogP contribution in [0.5, 0.6) is 17.2 Å². The zero-order valence-corrected chi connectivity index (χ0v) is 18.4. The summed E-state index contributed by atoms with van der Waals surface area (Å²) in [4.78, 5) is 5.00. The number of phenolic OH excluding ortho intramolecular Hbond substituents is 1. The monoisotopic (exact) mass is 466 g/mol. The molecule has 0 spiro atoms. The topological polar surface area (TPSA) is 63.1 Å². The maximum atomic E-state index is 10.4. The number of aromatic hydroxyl groups is 1. The number of nitrogens with one attached hydrogen (secondary N) is 1. The maximum Gasteiger partial charge on any atom is 0.133 e. The molecule has 2 N–H and O–H groups in total. The summed E-state index contributed by atoms with van der Waals surface area (Å²) >= 11 is 3.57. The van der Waals surface area contributed by atoms with Gasteiger partial charge in [0.25, 0.3) is 0 Å². The molecule has 3 aromatic rings. The van der Waals surface area contributed by atoms with Gasteiger partial charge >= 0.3 is 0 Å². The van der Waals surface area contributed by atoms with Crippen LogP contribution < -0.4 is 14.8 Å². The predicted octanol–water partition coefficient (Wildman–Crippen LogP) is 5.39. The molecule has 0 amide bonds. The van der Waals surface area contributed by atoms with Crippen molar-refractivity contribution in [2.75, 3.05) is 14.2 Å². The van der Waals surface area contributed by atoms with Gasteiger partial charge in [0.2, 0.25) is 0 Å². The fourth-order valence-corrected chi connectivity index (χ4v) is 4.23. The molecule has 2 atom stereocenters. The summed E-state index contributed by atoms with van der Waals surface area (Å²) in [5.41, 5.74) is 3.88. The molecule has 154 valence electrons. The van der Waals surface area contributed by atoms with Crippen molar-refractivity contribution in [3.05, 3.63) is 87.9 Å². The average molecular weight is 467 g/mol. The van der Waals surface area contributed by atoms with E-state index in [1.165, 1.54) is 0 Å². The molecule has 0 aromatic heterocycles. The molecule has 6 heteroatoms. The van der Waals surface area contributed by atoms with Crippen molar-refractivity contribution in [1.29, 1.82) is 0 Å². The smallest absolute Gasteiger partial charge is 0.133 e. The number of phenols is 1. The van der Waals surface area contributed by atoms with Gasteiger partial charge < -0.3 is 14.6 Å². The molecular weight excluding hydrogens is 444 g/mol. The van der Waals surface area contributed by atoms with Crippen molar-refractivity contribution >= 4 is 21.6 Å². The van der Waals surface area contributed by atoms with Crippen LogP contribution in [0, 0.1) is 0 Å². The standard InChI is InChI=1S/C24H23BrN2O3/c1-29-17-10-7-15(8-11-17)20-14-21(18-5-3-4-6-22(18)28)27-24(26-20)16-9-12-23(30-2)19(25)13-16/h3-13,21,24,27-28H,14H2,1-2H3/t21-,24+/m0/s1. The second-order valence-corrected chi connectivity index (χ2v) is 7.94. The Morgan fingerprint density at radius 1 is 1.00 bits per heavy atom. The van der Waals surface area contributed by atoms with Crippen molar-refractivity contribution in [2.45, 2.75) is 18.6 Å². The molecule has 1 aliphatic heterocycles. The molecule has 0 fully saturated rings. The predicted molar refractivity (Wildman–Crippen MR) is 122 cm³/mol. The molecule has 3 aromatic carbocycles. The Labute approximate surface area is 184 Å². The van der Waals surface area contributed by atoms with Crippen molar-refractivity contribution in [2.24, 2.45) is 4.99 Å². The Morgan fingerprint density at radius 2 is 1.77 bits per heavy atom.